The topological polar surface area (TPSA) is 74.6 Å². The maximum absolute atomic E-state index is 12.6. The van der Waals surface area contributed by atoms with Crippen LogP contribution in [0.2, 0.25) is 0 Å². The molecule has 0 amide bonds. The highest BCUT2D eigenvalue weighted by Crippen LogP contribution is 2.73. The number of hydrogen-bond donors (Lipinski definition) is 2. The van der Waals surface area contributed by atoms with Crippen LogP contribution >= 0.6 is 11.3 Å². The molecule has 7 aliphatic rings. The van der Waals surface area contributed by atoms with E-state index >= 15 is 0 Å². The van der Waals surface area contributed by atoms with Crippen LogP contribution < -0.4 is 0 Å². The smallest absolute Gasteiger partial charge is 0.336 e. The minimum absolute atomic E-state index is 0.0154. The van der Waals surface area contributed by atoms with Gasteiger partial charge in [0.15, 0.2) is 0 Å². The molecule has 7 saturated carbocycles. The van der Waals surface area contributed by atoms with Crippen molar-refractivity contribution in [3.63, 3.8) is 0 Å². The van der Waals surface area contributed by atoms with Gasteiger partial charge in [-0.3, -0.25) is 0 Å². The normalized spacial score (nSPS) is 43.5. The molecule has 1 heterocycles. The molecule has 0 radical (unpaired) electrons. The molecule has 4 atom stereocenters. The lowest BCUT2D eigenvalue weighted by atomic mass is 9.34. The van der Waals surface area contributed by atoms with Gasteiger partial charge in [-0.2, -0.15) is 11.3 Å². The second-order valence-electron chi connectivity index (χ2n) is 10.0. The van der Waals surface area contributed by atoms with E-state index in [2.05, 4.69) is 0 Å². The van der Waals surface area contributed by atoms with E-state index in [4.69, 9.17) is 0 Å². The summed E-state index contributed by atoms with van der Waals surface area (Å²) in [7, 11) is 0. The average molecular weight is 411 g/mol. The third-order valence-corrected chi connectivity index (χ3v) is 9.83. The number of carboxylic acids is 2. The first-order valence-electron chi connectivity index (χ1n) is 10.9. The van der Waals surface area contributed by atoms with Gasteiger partial charge in [0.05, 0.1) is 11.1 Å². The van der Waals surface area contributed by atoms with Gasteiger partial charge >= 0.3 is 11.9 Å². The molecule has 4 nitrogen and oxygen atoms in total. The van der Waals surface area contributed by atoms with Crippen molar-refractivity contribution in [2.24, 2.45) is 47.3 Å². The van der Waals surface area contributed by atoms with Crippen molar-refractivity contribution in [2.75, 3.05) is 0 Å². The van der Waals surface area contributed by atoms with E-state index in [1.54, 1.807) is 6.92 Å². The zero-order valence-electron chi connectivity index (χ0n) is 16.5. The van der Waals surface area contributed by atoms with Gasteiger partial charge in [0, 0.05) is 0 Å². The second-order valence-corrected chi connectivity index (χ2v) is 10.8. The van der Waals surface area contributed by atoms with E-state index < -0.39 is 11.9 Å². The fourth-order valence-electron chi connectivity index (χ4n) is 8.50. The maximum Gasteiger partial charge on any atom is 0.336 e. The van der Waals surface area contributed by atoms with Crippen LogP contribution in [0.1, 0.15) is 44.6 Å². The summed E-state index contributed by atoms with van der Waals surface area (Å²) < 4.78 is 0. The van der Waals surface area contributed by atoms with Crippen molar-refractivity contribution in [1.82, 2.24) is 0 Å². The summed E-state index contributed by atoms with van der Waals surface area (Å²) in [5.41, 5.74) is 2.54. The first-order valence-corrected chi connectivity index (χ1v) is 11.8. The number of carbonyl (C=O) groups is 2. The minimum atomic E-state index is -1.11. The third-order valence-electron chi connectivity index (χ3n) is 9.15. The molecular weight excluding hydrogens is 384 g/mol. The zero-order chi connectivity index (χ0) is 20.0. The Kier molecular flexibility index (Phi) is 3.75. The molecule has 8 rings (SSSR count). The van der Waals surface area contributed by atoms with E-state index in [0.717, 1.165) is 47.6 Å². The molecule has 152 valence electrons. The van der Waals surface area contributed by atoms with Crippen LogP contribution in [0.15, 0.2) is 33.5 Å². The first-order chi connectivity index (χ1) is 14.0. The molecule has 0 saturated heterocycles. The quantitative estimate of drug-likeness (QED) is 0.690. The Morgan fingerprint density at radius 2 is 1.55 bits per heavy atom. The molecular formula is C24H26O4S. The number of carboxylic acid groups (broad SMARTS) is 2. The van der Waals surface area contributed by atoms with Crippen LogP contribution in [-0.2, 0) is 9.59 Å². The van der Waals surface area contributed by atoms with Gasteiger partial charge in [-0.15, -0.1) is 0 Å². The Labute approximate surface area is 174 Å². The Morgan fingerprint density at radius 1 is 0.931 bits per heavy atom. The summed E-state index contributed by atoms with van der Waals surface area (Å²) in [5.74, 6) is 2.79. The van der Waals surface area contributed by atoms with Gasteiger partial charge in [0.1, 0.15) is 0 Å². The van der Waals surface area contributed by atoms with Gasteiger partial charge in [-0.25, -0.2) is 9.59 Å². The van der Waals surface area contributed by atoms with E-state index in [0.29, 0.717) is 23.3 Å². The Morgan fingerprint density at radius 3 is 2.10 bits per heavy atom. The molecule has 0 aromatic carbocycles. The summed E-state index contributed by atoms with van der Waals surface area (Å²) in [4.78, 5) is 25.0. The maximum atomic E-state index is 12.6. The molecule has 29 heavy (non-hydrogen) atoms. The fourth-order valence-corrected chi connectivity index (χ4v) is 9.21. The van der Waals surface area contributed by atoms with Crippen LogP contribution in [0.25, 0.3) is 5.57 Å². The van der Waals surface area contributed by atoms with E-state index in [-0.39, 0.29) is 17.1 Å². The molecule has 7 fully saturated rings. The summed E-state index contributed by atoms with van der Waals surface area (Å²) in [5, 5.41) is 24.2. The predicted molar refractivity (Wildman–Crippen MR) is 110 cm³/mol. The lowest BCUT2D eigenvalue weighted by Crippen LogP contribution is -2.63. The summed E-state index contributed by atoms with van der Waals surface area (Å²) in [6, 6.07) is 1.88. The van der Waals surface area contributed by atoms with Crippen LogP contribution in [0.3, 0.4) is 0 Å². The number of thiophene rings is 1. The first kappa shape index (κ1) is 17.9. The number of rotatable bonds is 4. The molecule has 1 aromatic rings. The van der Waals surface area contributed by atoms with Gasteiger partial charge in [0.2, 0.25) is 0 Å². The van der Waals surface area contributed by atoms with E-state index in [1.807, 2.05) is 16.8 Å². The largest absolute Gasteiger partial charge is 0.478 e. The average Bonchev–Trinajstić information content (AvgIpc) is 3.23. The van der Waals surface area contributed by atoms with Crippen LogP contribution in [0.4, 0.5) is 0 Å². The van der Waals surface area contributed by atoms with Crippen molar-refractivity contribution in [3.05, 3.63) is 39.1 Å². The Bertz CT molecular complexity index is 947. The molecule has 2 N–H and O–H groups in total. The van der Waals surface area contributed by atoms with Gasteiger partial charge < -0.3 is 10.2 Å². The lowest BCUT2D eigenvalue weighted by Gasteiger charge is -2.70. The third kappa shape index (κ3) is 2.31. The standard InChI is InChI=1S/C24H26O4S/c1-10(12-2-3-29-9-12)19(23(25)26)22(24(27)28)20-13-7-15-14-4-11-5-17(15)21(20)18(6-11)16(14)8-13/h2-3,9,11,13-18,21H,4-8H2,1H3,(H,25,26)(H,27,28)/b19-10+,22-20+. The second kappa shape index (κ2) is 6.07. The van der Waals surface area contributed by atoms with Crippen molar-refractivity contribution in [1.29, 1.82) is 0 Å². The Balaban J connectivity index is 1.57. The summed E-state index contributed by atoms with van der Waals surface area (Å²) >= 11 is 1.50. The predicted octanol–water partition coefficient (Wildman–Crippen LogP) is 4.94. The van der Waals surface area contributed by atoms with Crippen molar-refractivity contribution < 1.29 is 19.8 Å². The molecule has 8 bridgehead atoms. The highest BCUT2D eigenvalue weighted by Gasteiger charge is 2.65. The SMILES string of the molecule is C/C(=C(C(=O)O)/C(C(=O)O)=C1/C2CC3C4CC5CC3C1C(C5)C4C2)c1ccsc1. The number of hydrogen-bond acceptors (Lipinski definition) is 3. The molecule has 1 aromatic heterocycles. The lowest BCUT2D eigenvalue weighted by molar-refractivity contribution is -0.177. The Hall–Kier alpha value is -1.88. The highest BCUT2D eigenvalue weighted by atomic mass is 32.1. The molecule has 0 aliphatic heterocycles. The van der Waals surface area contributed by atoms with Crippen molar-refractivity contribution in [3.8, 4) is 0 Å². The minimum Gasteiger partial charge on any atom is -0.478 e. The van der Waals surface area contributed by atoms with Gasteiger partial charge in [-0.05, 0) is 120 Å². The summed E-state index contributed by atoms with van der Waals surface area (Å²) in [6.07, 6.45) is 6.02. The summed E-state index contributed by atoms with van der Waals surface area (Å²) in [6.45, 7) is 1.76. The fraction of sp³-hybridized carbons (Fsp3) is 0.583. The van der Waals surface area contributed by atoms with E-state index in [9.17, 15) is 19.8 Å². The molecule has 7 aliphatic carbocycles. The number of aliphatic carboxylic acids is 2. The molecule has 4 unspecified atom stereocenters. The molecule has 0 spiro atoms. The zero-order valence-corrected chi connectivity index (χ0v) is 17.3. The van der Waals surface area contributed by atoms with Crippen LogP contribution in [-0.4, -0.2) is 22.2 Å². The van der Waals surface area contributed by atoms with Gasteiger partial charge in [0.25, 0.3) is 0 Å². The number of allylic oxidation sites excluding steroid dienone is 2. The van der Waals surface area contributed by atoms with Crippen LogP contribution in [0.5, 0.6) is 0 Å². The van der Waals surface area contributed by atoms with Crippen LogP contribution in [0, 0.1) is 47.3 Å². The monoisotopic (exact) mass is 410 g/mol. The van der Waals surface area contributed by atoms with Gasteiger partial charge in [-0.1, -0.05) is 0 Å². The van der Waals surface area contributed by atoms with E-state index in [1.165, 1.54) is 30.6 Å². The van der Waals surface area contributed by atoms with Crippen molar-refractivity contribution >= 4 is 28.8 Å². The highest BCUT2D eigenvalue weighted by molar-refractivity contribution is 7.08. The van der Waals surface area contributed by atoms with Crippen molar-refractivity contribution in [2.45, 2.75) is 39.0 Å². The molecule has 5 heteroatoms.